The second-order valence-corrected chi connectivity index (χ2v) is 5.47. The van der Waals surface area contributed by atoms with Crippen LogP contribution in [0.5, 0.6) is 0 Å². The Morgan fingerprint density at radius 1 is 1.30 bits per heavy atom. The number of aliphatic carboxylic acids is 1. The minimum absolute atomic E-state index is 0.278. The topological polar surface area (TPSA) is 76.0 Å². The molecule has 0 unspecified atom stereocenters. The smallest absolute Gasteiger partial charge is 0.328 e. The normalized spacial score (nSPS) is 27.4. The van der Waals surface area contributed by atoms with Crippen LogP contribution in [0, 0.1) is 0 Å². The number of allylic oxidation sites excluding steroid dienone is 1. The standard InChI is InChI=1S/C15H24O5/c1-11(16)7-5-4-6-8-12-13(9-10-14(17)18)20-15(2,3)19-12/h6,8-13,16H,4-5,7H2,1-3H3,(H,17,18)/b8-6+,10-9+/t11-,12+,13-/m0/s1. The van der Waals surface area contributed by atoms with E-state index in [0.29, 0.717) is 0 Å². The lowest BCUT2D eigenvalue weighted by Gasteiger charge is -2.15. The molecule has 1 aliphatic rings. The zero-order chi connectivity index (χ0) is 15.2. The number of hydrogen-bond acceptors (Lipinski definition) is 4. The van der Waals surface area contributed by atoms with Crippen molar-refractivity contribution < 1.29 is 24.5 Å². The number of carboxylic acid groups (broad SMARTS) is 1. The van der Waals surface area contributed by atoms with Crippen molar-refractivity contribution in [1.82, 2.24) is 0 Å². The van der Waals surface area contributed by atoms with Crippen molar-refractivity contribution in [3.05, 3.63) is 24.3 Å². The summed E-state index contributed by atoms with van der Waals surface area (Å²) in [5.41, 5.74) is 0. The van der Waals surface area contributed by atoms with E-state index in [1.165, 1.54) is 6.08 Å². The van der Waals surface area contributed by atoms with Crippen LogP contribution < -0.4 is 0 Å². The van der Waals surface area contributed by atoms with E-state index < -0.39 is 17.9 Å². The van der Waals surface area contributed by atoms with Crippen LogP contribution in [-0.2, 0) is 14.3 Å². The van der Waals surface area contributed by atoms with Gasteiger partial charge in [0, 0.05) is 6.08 Å². The second-order valence-electron chi connectivity index (χ2n) is 5.47. The molecule has 20 heavy (non-hydrogen) atoms. The monoisotopic (exact) mass is 284 g/mol. The summed E-state index contributed by atoms with van der Waals surface area (Å²) < 4.78 is 11.4. The Kier molecular flexibility index (Phi) is 6.39. The molecule has 5 heteroatoms. The first kappa shape index (κ1) is 16.9. The van der Waals surface area contributed by atoms with Crippen LogP contribution in [0.15, 0.2) is 24.3 Å². The molecule has 114 valence electrons. The summed E-state index contributed by atoms with van der Waals surface area (Å²) in [6.07, 6.45) is 8.01. The van der Waals surface area contributed by atoms with Gasteiger partial charge in [-0.2, -0.15) is 0 Å². The first-order chi connectivity index (χ1) is 9.30. The van der Waals surface area contributed by atoms with E-state index in [4.69, 9.17) is 19.7 Å². The van der Waals surface area contributed by atoms with E-state index in [0.717, 1.165) is 25.3 Å². The highest BCUT2D eigenvalue weighted by molar-refractivity contribution is 5.79. The Bertz CT molecular complexity index is 370. The van der Waals surface area contributed by atoms with Gasteiger partial charge in [0.2, 0.25) is 0 Å². The van der Waals surface area contributed by atoms with Crippen molar-refractivity contribution in [3.63, 3.8) is 0 Å². The molecular weight excluding hydrogens is 260 g/mol. The average Bonchev–Trinajstić information content (AvgIpc) is 2.60. The highest BCUT2D eigenvalue weighted by Crippen LogP contribution is 2.29. The Morgan fingerprint density at radius 3 is 2.45 bits per heavy atom. The Labute approximate surface area is 119 Å². The van der Waals surface area contributed by atoms with Crippen molar-refractivity contribution in [1.29, 1.82) is 0 Å². The van der Waals surface area contributed by atoms with Gasteiger partial charge in [-0.15, -0.1) is 0 Å². The van der Waals surface area contributed by atoms with Gasteiger partial charge < -0.3 is 19.7 Å². The highest BCUT2D eigenvalue weighted by atomic mass is 16.7. The van der Waals surface area contributed by atoms with Crippen molar-refractivity contribution in [3.8, 4) is 0 Å². The van der Waals surface area contributed by atoms with E-state index in [-0.39, 0.29) is 12.2 Å². The van der Waals surface area contributed by atoms with Gasteiger partial charge in [0.25, 0.3) is 0 Å². The summed E-state index contributed by atoms with van der Waals surface area (Å²) >= 11 is 0. The molecule has 0 aromatic heterocycles. The number of aliphatic hydroxyl groups excluding tert-OH is 1. The summed E-state index contributed by atoms with van der Waals surface area (Å²) in [6.45, 7) is 5.37. The molecule has 0 bridgehead atoms. The molecule has 1 rings (SSSR count). The first-order valence-electron chi connectivity index (χ1n) is 6.91. The van der Waals surface area contributed by atoms with E-state index in [1.54, 1.807) is 20.8 Å². The number of unbranched alkanes of at least 4 members (excludes halogenated alkanes) is 1. The third-order valence-electron chi connectivity index (χ3n) is 2.91. The summed E-state index contributed by atoms with van der Waals surface area (Å²) in [5, 5.41) is 17.8. The Balaban J connectivity index is 2.51. The molecule has 1 fully saturated rings. The third kappa shape index (κ3) is 6.32. The van der Waals surface area contributed by atoms with Crippen molar-refractivity contribution >= 4 is 5.97 Å². The lowest BCUT2D eigenvalue weighted by molar-refractivity contribution is -0.139. The van der Waals surface area contributed by atoms with Gasteiger partial charge >= 0.3 is 5.97 Å². The maximum Gasteiger partial charge on any atom is 0.328 e. The number of hydrogen-bond donors (Lipinski definition) is 2. The van der Waals surface area contributed by atoms with Gasteiger partial charge in [-0.25, -0.2) is 4.79 Å². The lowest BCUT2D eigenvalue weighted by atomic mass is 10.1. The predicted molar refractivity (Wildman–Crippen MR) is 75.3 cm³/mol. The molecule has 0 aromatic carbocycles. The van der Waals surface area contributed by atoms with E-state index in [9.17, 15) is 4.79 Å². The maximum absolute atomic E-state index is 10.6. The van der Waals surface area contributed by atoms with Gasteiger partial charge in [-0.1, -0.05) is 12.2 Å². The number of carboxylic acids is 1. The molecule has 0 spiro atoms. The number of carbonyl (C=O) groups is 1. The Morgan fingerprint density at radius 2 is 1.90 bits per heavy atom. The molecule has 1 aliphatic heterocycles. The fourth-order valence-electron chi connectivity index (χ4n) is 2.05. The minimum Gasteiger partial charge on any atom is -0.478 e. The summed E-state index contributed by atoms with van der Waals surface area (Å²) in [6, 6.07) is 0. The maximum atomic E-state index is 10.6. The fraction of sp³-hybridized carbons (Fsp3) is 0.667. The first-order valence-corrected chi connectivity index (χ1v) is 6.91. The molecule has 0 aromatic rings. The van der Waals surface area contributed by atoms with Gasteiger partial charge in [-0.3, -0.25) is 0 Å². The average molecular weight is 284 g/mol. The molecular formula is C15H24O5. The Hall–Kier alpha value is -1.17. The highest BCUT2D eigenvalue weighted by Gasteiger charge is 2.38. The van der Waals surface area contributed by atoms with Gasteiger partial charge in [0.15, 0.2) is 5.79 Å². The largest absolute Gasteiger partial charge is 0.478 e. The van der Waals surface area contributed by atoms with E-state index >= 15 is 0 Å². The molecule has 0 aliphatic carbocycles. The van der Waals surface area contributed by atoms with Crippen LogP contribution in [-0.4, -0.2) is 40.3 Å². The third-order valence-corrected chi connectivity index (χ3v) is 2.91. The van der Waals surface area contributed by atoms with E-state index in [2.05, 4.69) is 0 Å². The summed E-state index contributed by atoms with van der Waals surface area (Å²) in [7, 11) is 0. The zero-order valence-electron chi connectivity index (χ0n) is 12.3. The minimum atomic E-state index is -1.00. The van der Waals surface area contributed by atoms with E-state index in [1.807, 2.05) is 12.2 Å². The van der Waals surface area contributed by atoms with Gasteiger partial charge in [0.1, 0.15) is 12.2 Å². The molecule has 1 saturated heterocycles. The fourth-order valence-corrected chi connectivity index (χ4v) is 2.05. The molecule has 0 saturated carbocycles. The quantitative estimate of drug-likeness (QED) is 0.426. The van der Waals surface area contributed by atoms with Crippen molar-refractivity contribution in [2.75, 3.05) is 0 Å². The summed E-state index contributed by atoms with van der Waals surface area (Å²) in [5.74, 6) is -1.72. The lowest BCUT2D eigenvalue weighted by Crippen LogP contribution is -2.20. The predicted octanol–water partition coefficient (Wildman–Crippen LogP) is 2.25. The van der Waals surface area contributed by atoms with Crippen molar-refractivity contribution in [2.45, 2.75) is 64.1 Å². The molecule has 5 nitrogen and oxygen atoms in total. The number of rotatable bonds is 7. The van der Waals surface area contributed by atoms with Crippen LogP contribution in [0.3, 0.4) is 0 Å². The molecule has 0 amide bonds. The van der Waals surface area contributed by atoms with Crippen LogP contribution in [0.2, 0.25) is 0 Å². The van der Waals surface area contributed by atoms with Gasteiger partial charge in [-0.05, 0) is 46.1 Å². The zero-order valence-corrected chi connectivity index (χ0v) is 12.3. The van der Waals surface area contributed by atoms with Gasteiger partial charge in [0.05, 0.1) is 6.10 Å². The molecule has 2 N–H and O–H groups in total. The van der Waals surface area contributed by atoms with Crippen LogP contribution >= 0.6 is 0 Å². The van der Waals surface area contributed by atoms with Crippen molar-refractivity contribution in [2.24, 2.45) is 0 Å². The molecule has 0 radical (unpaired) electrons. The van der Waals surface area contributed by atoms with Crippen LogP contribution in [0.1, 0.15) is 40.0 Å². The summed E-state index contributed by atoms with van der Waals surface area (Å²) in [4.78, 5) is 10.6. The SMILES string of the molecule is C[C@H](O)CCC/C=C/[C@H]1OC(C)(C)O[C@H]1/C=C/C(=O)O. The molecule has 3 atom stereocenters. The number of ether oxygens (including phenoxy) is 2. The molecule has 1 heterocycles. The number of aliphatic hydroxyl groups is 1. The van der Waals surface area contributed by atoms with Crippen LogP contribution in [0.25, 0.3) is 0 Å². The van der Waals surface area contributed by atoms with Crippen LogP contribution in [0.4, 0.5) is 0 Å². The second kappa shape index (κ2) is 7.57.